The van der Waals surface area contributed by atoms with Crippen LogP contribution in [0.15, 0.2) is 36.4 Å². The van der Waals surface area contributed by atoms with Gasteiger partial charge in [-0.05, 0) is 56.4 Å². The van der Waals surface area contributed by atoms with Crippen molar-refractivity contribution in [3.63, 3.8) is 0 Å². The molecule has 0 heterocycles. The largest absolute Gasteiger partial charge is 0.286 e. The number of hydrogen-bond acceptors (Lipinski definition) is 4. The molecule has 2 aromatic carbocycles. The molecule has 0 aliphatic rings. The van der Waals surface area contributed by atoms with E-state index in [9.17, 15) is 16.8 Å². The lowest BCUT2D eigenvalue weighted by atomic mass is 10.0. The first-order valence-electron chi connectivity index (χ1n) is 8.29. The lowest BCUT2D eigenvalue weighted by Gasteiger charge is -2.05. The van der Waals surface area contributed by atoms with Crippen LogP contribution in [0.4, 0.5) is 0 Å². The van der Waals surface area contributed by atoms with Gasteiger partial charge in [0.25, 0.3) is 20.2 Å². The molecule has 2 aromatic rings. The molecule has 6 nitrogen and oxygen atoms in total. The van der Waals surface area contributed by atoms with E-state index in [1.54, 1.807) is 6.07 Å². The van der Waals surface area contributed by atoms with E-state index < -0.39 is 20.2 Å². The van der Waals surface area contributed by atoms with Crippen LogP contribution in [0.2, 0.25) is 0 Å². The molecule has 0 saturated carbocycles. The summed E-state index contributed by atoms with van der Waals surface area (Å²) in [5.41, 5.74) is 5.65. The van der Waals surface area contributed by atoms with Gasteiger partial charge in [-0.25, -0.2) is 0 Å². The van der Waals surface area contributed by atoms with Gasteiger partial charge >= 0.3 is 0 Å². The molecule has 0 aromatic heterocycles. The van der Waals surface area contributed by atoms with E-state index in [-0.39, 0.29) is 11.5 Å². The Bertz CT molecular complexity index is 993. The van der Waals surface area contributed by atoms with Gasteiger partial charge in [0.1, 0.15) is 5.75 Å². The normalized spacial score (nSPS) is 11.6. The quantitative estimate of drug-likeness (QED) is 0.726. The molecule has 0 atom stereocenters. The van der Waals surface area contributed by atoms with Gasteiger partial charge < -0.3 is 0 Å². The zero-order valence-electron chi connectivity index (χ0n) is 15.9. The zero-order chi connectivity index (χ0) is 20.8. The Kier molecular flexibility index (Phi) is 8.16. The van der Waals surface area contributed by atoms with Crippen LogP contribution < -0.4 is 0 Å². The van der Waals surface area contributed by atoms with E-state index in [0.717, 1.165) is 27.8 Å². The van der Waals surface area contributed by atoms with Gasteiger partial charge in [0.05, 0.1) is 5.75 Å². The molecular weight excluding hydrogens is 388 g/mol. The summed E-state index contributed by atoms with van der Waals surface area (Å²) in [5, 5.41) is 0. The van der Waals surface area contributed by atoms with Gasteiger partial charge in [0.2, 0.25) is 0 Å². The van der Waals surface area contributed by atoms with Crippen molar-refractivity contribution in [2.24, 2.45) is 0 Å². The first-order chi connectivity index (χ1) is 12.3. The molecule has 0 fully saturated rings. The summed E-state index contributed by atoms with van der Waals surface area (Å²) in [6.45, 7) is 7.59. The first-order valence-corrected chi connectivity index (χ1v) is 11.5. The third-order valence-corrected chi connectivity index (χ3v) is 5.37. The molecule has 8 heteroatoms. The van der Waals surface area contributed by atoms with Crippen molar-refractivity contribution in [3.8, 4) is 0 Å². The van der Waals surface area contributed by atoms with Gasteiger partial charge in [0, 0.05) is 0 Å². The van der Waals surface area contributed by atoms with Crippen LogP contribution in [-0.4, -0.2) is 31.7 Å². The summed E-state index contributed by atoms with van der Waals surface area (Å²) < 4.78 is 59.6. The molecule has 0 unspecified atom stereocenters. The highest BCUT2D eigenvalue weighted by Gasteiger charge is 2.09. The Morgan fingerprint density at radius 3 is 1.59 bits per heavy atom. The Hall–Kier alpha value is -1.74. The van der Waals surface area contributed by atoms with Crippen molar-refractivity contribution < 1.29 is 25.9 Å². The molecule has 0 spiro atoms. The average molecular weight is 415 g/mol. The van der Waals surface area contributed by atoms with E-state index in [1.807, 2.05) is 58.0 Å². The van der Waals surface area contributed by atoms with Gasteiger partial charge in [-0.3, -0.25) is 9.11 Å². The minimum atomic E-state index is -3.92. The number of hydrogen-bond donors (Lipinski definition) is 2. The standard InChI is InChI=1S/C10H14O3S.C9H12O3S/c1-8-3-4-9(2)10(7-8)5-6-14(11,12)13;1-7-3-4-8(2)9(5-7)6-13(10,11)12/h3-4,7H,5-6H2,1-2H3,(H,11,12,13);3-5H,6H2,1-2H3,(H,10,11,12). The smallest absolute Gasteiger partial charge is 0.269 e. The van der Waals surface area contributed by atoms with E-state index in [1.165, 1.54) is 0 Å². The summed E-state index contributed by atoms with van der Waals surface area (Å²) in [6.07, 6.45) is 0.367. The lowest BCUT2D eigenvalue weighted by Crippen LogP contribution is -2.07. The van der Waals surface area contributed by atoms with Crippen molar-refractivity contribution in [3.05, 3.63) is 69.8 Å². The summed E-state index contributed by atoms with van der Waals surface area (Å²) >= 11 is 0. The molecule has 0 bridgehead atoms. The van der Waals surface area contributed by atoms with Crippen molar-refractivity contribution >= 4 is 20.2 Å². The molecule has 0 amide bonds. The van der Waals surface area contributed by atoms with E-state index in [2.05, 4.69) is 0 Å². The maximum absolute atomic E-state index is 10.6. The SMILES string of the molecule is Cc1ccc(C)c(CCS(=O)(=O)O)c1.Cc1ccc(C)c(CS(=O)(=O)O)c1. The fourth-order valence-corrected chi connectivity index (χ4v) is 3.64. The van der Waals surface area contributed by atoms with Crippen LogP contribution in [-0.2, 0) is 32.4 Å². The van der Waals surface area contributed by atoms with Crippen LogP contribution in [0.1, 0.15) is 33.4 Å². The molecule has 0 aliphatic heterocycles. The second kappa shape index (κ2) is 9.45. The number of benzene rings is 2. The summed E-state index contributed by atoms with van der Waals surface area (Å²) in [7, 11) is -7.77. The average Bonchev–Trinajstić information content (AvgIpc) is 2.50. The van der Waals surface area contributed by atoms with Gasteiger partial charge in [-0.15, -0.1) is 0 Å². The first kappa shape index (κ1) is 23.3. The van der Waals surface area contributed by atoms with Crippen LogP contribution in [0.25, 0.3) is 0 Å². The molecule has 27 heavy (non-hydrogen) atoms. The fraction of sp³-hybridized carbons (Fsp3) is 0.368. The van der Waals surface area contributed by atoms with Crippen LogP contribution in [0, 0.1) is 27.7 Å². The highest BCUT2D eigenvalue weighted by molar-refractivity contribution is 7.85. The minimum Gasteiger partial charge on any atom is -0.286 e. The second-order valence-electron chi connectivity index (χ2n) is 6.62. The molecule has 0 radical (unpaired) electrons. The molecule has 150 valence electrons. The third-order valence-electron chi connectivity index (χ3n) is 3.98. The number of rotatable bonds is 5. The second-order valence-corrected chi connectivity index (χ2v) is 9.65. The predicted molar refractivity (Wildman–Crippen MR) is 107 cm³/mol. The van der Waals surface area contributed by atoms with Crippen molar-refractivity contribution in [1.29, 1.82) is 0 Å². The van der Waals surface area contributed by atoms with Gasteiger partial charge in [0.15, 0.2) is 0 Å². The third kappa shape index (κ3) is 9.67. The minimum absolute atomic E-state index is 0.211. The molecule has 0 aliphatic carbocycles. The van der Waals surface area contributed by atoms with E-state index in [4.69, 9.17) is 9.11 Å². The van der Waals surface area contributed by atoms with Crippen LogP contribution in [0.3, 0.4) is 0 Å². The highest BCUT2D eigenvalue weighted by atomic mass is 32.2. The summed E-state index contributed by atoms with van der Waals surface area (Å²) in [5.74, 6) is -0.516. The van der Waals surface area contributed by atoms with E-state index in [0.29, 0.717) is 12.0 Å². The molecule has 0 saturated heterocycles. The van der Waals surface area contributed by atoms with Crippen LogP contribution in [0.5, 0.6) is 0 Å². The number of aryl methyl sites for hydroxylation is 5. The Labute approximate surface area is 161 Å². The Morgan fingerprint density at radius 2 is 1.15 bits per heavy atom. The summed E-state index contributed by atoms with van der Waals surface area (Å²) in [4.78, 5) is 0. The lowest BCUT2D eigenvalue weighted by molar-refractivity contribution is 0.480. The maximum Gasteiger partial charge on any atom is 0.269 e. The van der Waals surface area contributed by atoms with Crippen molar-refractivity contribution in [1.82, 2.24) is 0 Å². The molecule has 2 N–H and O–H groups in total. The predicted octanol–water partition coefficient (Wildman–Crippen LogP) is 3.42. The summed E-state index contributed by atoms with van der Waals surface area (Å²) in [6, 6.07) is 11.4. The van der Waals surface area contributed by atoms with E-state index >= 15 is 0 Å². The molecule has 2 rings (SSSR count). The Balaban J connectivity index is 0.000000271. The fourth-order valence-electron chi connectivity index (χ4n) is 2.46. The van der Waals surface area contributed by atoms with Gasteiger partial charge in [-0.1, -0.05) is 47.5 Å². The Morgan fingerprint density at radius 1 is 0.704 bits per heavy atom. The maximum atomic E-state index is 10.6. The van der Waals surface area contributed by atoms with Crippen molar-refractivity contribution in [2.45, 2.75) is 39.9 Å². The zero-order valence-corrected chi connectivity index (χ0v) is 17.6. The topological polar surface area (TPSA) is 109 Å². The van der Waals surface area contributed by atoms with Gasteiger partial charge in [-0.2, -0.15) is 16.8 Å². The van der Waals surface area contributed by atoms with Crippen LogP contribution >= 0.6 is 0 Å². The highest BCUT2D eigenvalue weighted by Crippen LogP contribution is 2.13. The van der Waals surface area contributed by atoms with Crippen molar-refractivity contribution in [2.75, 3.05) is 5.75 Å². The monoisotopic (exact) mass is 414 g/mol. The molecular formula is C19H26O6S2.